The molecule has 0 aromatic heterocycles. The average molecular weight is 297 g/mol. The Morgan fingerprint density at radius 3 is 2.67 bits per heavy atom. The number of amides is 1. The van der Waals surface area contributed by atoms with E-state index in [2.05, 4.69) is 10.1 Å². The van der Waals surface area contributed by atoms with E-state index in [4.69, 9.17) is 5.11 Å². The third-order valence-corrected chi connectivity index (χ3v) is 2.75. The van der Waals surface area contributed by atoms with Crippen LogP contribution >= 0.6 is 0 Å². The van der Waals surface area contributed by atoms with Crippen LogP contribution in [0, 0.1) is 5.82 Å². The van der Waals surface area contributed by atoms with Crippen molar-refractivity contribution in [1.82, 2.24) is 5.32 Å². The lowest BCUT2D eigenvalue weighted by molar-refractivity contribution is -0.144. The van der Waals surface area contributed by atoms with Crippen molar-refractivity contribution in [2.45, 2.75) is 25.3 Å². The predicted molar refractivity (Wildman–Crippen MR) is 70.9 cm³/mol. The van der Waals surface area contributed by atoms with Crippen LogP contribution < -0.4 is 5.32 Å². The second-order valence-corrected chi connectivity index (χ2v) is 4.38. The van der Waals surface area contributed by atoms with Gasteiger partial charge in [-0.3, -0.25) is 9.59 Å². The van der Waals surface area contributed by atoms with Crippen molar-refractivity contribution in [1.29, 1.82) is 0 Å². The van der Waals surface area contributed by atoms with E-state index in [0.29, 0.717) is 5.56 Å². The van der Waals surface area contributed by atoms with Crippen LogP contribution in [-0.2, 0) is 25.5 Å². The Morgan fingerprint density at radius 2 is 2.10 bits per heavy atom. The number of carboxylic acid groups (broad SMARTS) is 1. The summed E-state index contributed by atoms with van der Waals surface area (Å²) in [6, 6.07) is 4.28. The van der Waals surface area contributed by atoms with Gasteiger partial charge in [-0.2, -0.15) is 0 Å². The minimum atomic E-state index is -1.24. The van der Waals surface area contributed by atoms with Gasteiger partial charge in [0.25, 0.3) is 0 Å². The van der Waals surface area contributed by atoms with Crippen LogP contribution in [0.25, 0.3) is 0 Å². The first-order chi connectivity index (χ1) is 9.92. The Balaban J connectivity index is 2.56. The van der Waals surface area contributed by atoms with Gasteiger partial charge >= 0.3 is 11.9 Å². The van der Waals surface area contributed by atoms with Gasteiger partial charge in [0.05, 0.1) is 13.5 Å². The van der Waals surface area contributed by atoms with E-state index in [1.165, 1.54) is 25.3 Å². The Hall–Kier alpha value is -2.44. The van der Waals surface area contributed by atoms with Gasteiger partial charge in [-0.15, -0.1) is 0 Å². The van der Waals surface area contributed by atoms with E-state index in [9.17, 15) is 18.8 Å². The molecule has 2 N–H and O–H groups in total. The summed E-state index contributed by atoms with van der Waals surface area (Å²) in [4.78, 5) is 33.7. The SMILES string of the molecule is COC(=O)CC[C@@H](NC(=O)Cc1cccc(F)c1)C(=O)O. The van der Waals surface area contributed by atoms with Crippen molar-refractivity contribution in [3.63, 3.8) is 0 Å². The second-order valence-electron chi connectivity index (χ2n) is 4.38. The number of esters is 1. The number of aliphatic carboxylic acids is 1. The summed E-state index contributed by atoms with van der Waals surface area (Å²) in [5, 5.41) is 11.3. The topological polar surface area (TPSA) is 92.7 Å². The lowest BCUT2D eigenvalue weighted by Gasteiger charge is -2.14. The van der Waals surface area contributed by atoms with Crippen molar-refractivity contribution in [3.05, 3.63) is 35.6 Å². The summed E-state index contributed by atoms with van der Waals surface area (Å²) in [5.41, 5.74) is 0.435. The molecule has 0 saturated heterocycles. The molecule has 1 amide bonds. The number of benzene rings is 1. The van der Waals surface area contributed by atoms with Crippen molar-refractivity contribution in [3.8, 4) is 0 Å². The number of carbonyl (C=O) groups is 3. The first kappa shape index (κ1) is 16.6. The van der Waals surface area contributed by atoms with Gasteiger partial charge in [0, 0.05) is 6.42 Å². The lowest BCUT2D eigenvalue weighted by atomic mass is 10.1. The molecule has 21 heavy (non-hydrogen) atoms. The molecule has 0 heterocycles. The van der Waals surface area contributed by atoms with Crippen LogP contribution in [0.5, 0.6) is 0 Å². The van der Waals surface area contributed by atoms with Crippen LogP contribution in [0.15, 0.2) is 24.3 Å². The highest BCUT2D eigenvalue weighted by molar-refractivity contribution is 5.85. The minimum Gasteiger partial charge on any atom is -0.480 e. The van der Waals surface area contributed by atoms with Crippen LogP contribution in [0.4, 0.5) is 4.39 Å². The molecule has 0 bridgehead atoms. The Bertz CT molecular complexity index is 532. The molecule has 1 aromatic carbocycles. The molecule has 0 fully saturated rings. The molecule has 114 valence electrons. The summed E-state index contributed by atoms with van der Waals surface area (Å²) in [6.07, 6.45) is -0.329. The van der Waals surface area contributed by atoms with Gasteiger partial charge in [0.1, 0.15) is 11.9 Å². The number of nitrogens with one attached hydrogen (secondary N) is 1. The molecule has 7 heteroatoms. The number of methoxy groups -OCH3 is 1. The number of hydrogen-bond donors (Lipinski definition) is 2. The van der Waals surface area contributed by atoms with E-state index < -0.39 is 29.7 Å². The maximum absolute atomic E-state index is 13.0. The van der Waals surface area contributed by atoms with Gasteiger partial charge in [0.15, 0.2) is 0 Å². The predicted octanol–water partition coefficient (Wildman–Crippen LogP) is 0.891. The summed E-state index contributed by atoms with van der Waals surface area (Å²) < 4.78 is 17.4. The van der Waals surface area contributed by atoms with Crippen LogP contribution in [0.2, 0.25) is 0 Å². The smallest absolute Gasteiger partial charge is 0.326 e. The van der Waals surface area contributed by atoms with Gasteiger partial charge in [-0.1, -0.05) is 12.1 Å². The van der Waals surface area contributed by atoms with Crippen molar-refractivity contribution >= 4 is 17.8 Å². The number of carboxylic acids is 1. The number of rotatable bonds is 7. The zero-order chi connectivity index (χ0) is 15.8. The molecular formula is C14H16FNO5. The molecule has 0 radical (unpaired) electrons. The molecular weight excluding hydrogens is 281 g/mol. The van der Waals surface area contributed by atoms with Gasteiger partial charge in [-0.25, -0.2) is 9.18 Å². The van der Waals surface area contributed by atoms with E-state index in [1.807, 2.05) is 0 Å². The maximum atomic E-state index is 13.0. The van der Waals surface area contributed by atoms with E-state index in [-0.39, 0.29) is 19.3 Å². The number of ether oxygens (including phenoxy) is 1. The van der Waals surface area contributed by atoms with Crippen LogP contribution in [0.1, 0.15) is 18.4 Å². The molecule has 6 nitrogen and oxygen atoms in total. The molecule has 0 aliphatic heterocycles. The molecule has 0 unspecified atom stereocenters. The van der Waals surface area contributed by atoms with Crippen molar-refractivity contribution in [2.75, 3.05) is 7.11 Å². The van der Waals surface area contributed by atoms with E-state index in [1.54, 1.807) is 6.07 Å². The van der Waals surface area contributed by atoms with Gasteiger partial charge in [0.2, 0.25) is 5.91 Å². The molecule has 1 atom stereocenters. The summed E-state index contributed by atoms with van der Waals surface area (Å²) in [6.45, 7) is 0. The molecule has 0 spiro atoms. The van der Waals surface area contributed by atoms with Gasteiger partial charge in [-0.05, 0) is 24.1 Å². The Morgan fingerprint density at radius 1 is 1.38 bits per heavy atom. The van der Waals surface area contributed by atoms with Gasteiger partial charge < -0.3 is 15.2 Å². The third kappa shape index (κ3) is 6.03. The first-order valence-corrected chi connectivity index (χ1v) is 6.25. The van der Waals surface area contributed by atoms with Crippen molar-refractivity contribution < 1.29 is 28.6 Å². The lowest BCUT2D eigenvalue weighted by Crippen LogP contribution is -2.41. The van der Waals surface area contributed by atoms with Crippen LogP contribution in [-0.4, -0.2) is 36.1 Å². The highest BCUT2D eigenvalue weighted by Gasteiger charge is 2.21. The summed E-state index contributed by atoms with van der Waals surface area (Å²) in [5.74, 6) is -2.83. The largest absolute Gasteiger partial charge is 0.480 e. The van der Waals surface area contributed by atoms with E-state index in [0.717, 1.165) is 0 Å². The highest BCUT2D eigenvalue weighted by atomic mass is 19.1. The van der Waals surface area contributed by atoms with E-state index >= 15 is 0 Å². The number of carbonyl (C=O) groups excluding carboxylic acids is 2. The Kier molecular flexibility index (Phi) is 6.32. The third-order valence-electron chi connectivity index (χ3n) is 2.75. The average Bonchev–Trinajstić information content (AvgIpc) is 2.42. The monoisotopic (exact) mass is 297 g/mol. The summed E-state index contributed by atoms with van der Waals surface area (Å²) >= 11 is 0. The normalized spacial score (nSPS) is 11.5. The minimum absolute atomic E-state index is 0.0725. The molecule has 0 aliphatic rings. The Labute approximate surface area is 120 Å². The molecule has 1 rings (SSSR count). The van der Waals surface area contributed by atoms with Crippen LogP contribution in [0.3, 0.4) is 0 Å². The molecule has 0 aliphatic carbocycles. The number of hydrogen-bond acceptors (Lipinski definition) is 4. The maximum Gasteiger partial charge on any atom is 0.326 e. The second kappa shape index (κ2) is 7.98. The number of halogens is 1. The quantitative estimate of drug-likeness (QED) is 0.729. The fourth-order valence-electron chi connectivity index (χ4n) is 1.70. The standard InChI is InChI=1S/C14H16FNO5/c1-21-13(18)6-5-11(14(19)20)16-12(17)8-9-3-2-4-10(15)7-9/h2-4,7,11H,5-6,8H2,1H3,(H,16,17)(H,19,20)/t11-/m1/s1. The zero-order valence-electron chi connectivity index (χ0n) is 11.5. The molecule has 0 saturated carbocycles. The zero-order valence-corrected chi connectivity index (χ0v) is 11.5. The fourth-order valence-corrected chi connectivity index (χ4v) is 1.70. The first-order valence-electron chi connectivity index (χ1n) is 6.25. The fraction of sp³-hybridized carbons (Fsp3) is 0.357. The molecule has 1 aromatic rings. The summed E-state index contributed by atoms with van der Waals surface area (Å²) in [7, 11) is 1.20. The van der Waals surface area contributed by atoms with Crippen molar-refractivity contribution in [2.24, 2.45) is 0 Å². The highest BCUT2D eigenvalue weighted by Crippen LogP contribution is 2.05.